The molecule has 0 saturated carbocycles. The number of aromatic amines is 1. The molecule has 4 rings (SSSR count). The lowest BCUT2D eigenvalue weighted by Gasteiger charge is -2.02. The summed E-state index contributed by atoms with van der Waals surface area (Å²) < 4.78 is 28.6. The van der Waals surface area contributed by atoms with Crippen LogP contribution in [0.3, 0.4) is 0 Å². The van der Waals surface area contributed by atoms with Gasteiger partial charge in [0.15, 0.2) is 0 Å². The summed E-state index contributed by atoms with van der Waals surface area (Å²) in [5.74, 6) is -1.42. The van der Waals surface area contributed by atoms with Gasteiger partial charge in [-0.1, -0.05) is 0 Å². The number of anilines is 1. The molecule has 0 bridgehead atoms. The Balaban J connectivity index is 1.80. The molecule has 2 aromatic carbocycles. The molecule has 0 aliphatic rings. The molecular weight excluding hydrogens is 364 g/mol. The van der Waals surface area contributed by atoms with Crippen molar-refractivity contribution in [3.8, 4) is 17.2 Å². The SMILES string of the molecule is Cc1nn2c(=O)/c(=C/Nc3ccc(C#N)cc3)[nH]c2c1-c1ccc(F)cc1F. The van der Waals surface area contributed by atoms with Crippen LogP contribution in [0.15, 0.2) is 47.3 Å². The van der Waals surface area contributed by atoms with E-state index in [0.29, 0.717) is 28.2 Å². The van der Waals surface area contributed by atoms with E-state index in [1.54, 1.807) is 31.2 Å². The average Bonchev–Trinajstić information content (AvgIpc) is 3.16. The Morgan fingerprint density at radius 2 is 1.96 bits per heavy atom. The van der Waals surface area contributed by atoms with Crippen LogP contribution in [0.4, 0.5) is 14.5 Å². The van der Waals surface area contributed by atoms with Gasteiger partial charge in [0.2, 0.25) is 0 Å². The van der Waals surface area contributed by atoms with E-state index in [1.165, 1.54) is 12.3 Å². The number of rotatable bonds is 3. The number of halogens is 2. The van der Waals surface area contributed by atoms with Crippen LogP contribution >= 0.6 is 0 Å². The number of hydrogen-bond donors (Lipinski definition) is 2. The number of nitrogens with one attached hydrogen (secondary N) is 2. The molecule has 8 heteroatoms. The van der Waals surface area contributed by atoms with Crippen molar-refractivity contribution in [3.63, 3.8) is 0 Å². The molecule has 0 radical (unpaired) electrons. The molecule has 4 aromatic rings. The Morgan fingerprint density at radius 1 is 1.21 bits per heavy atom. The molecule has 6 nitrogen and oxygen atoms in total. The third-order valence-electron chi connectivity index (χ3n) is 4.33. The van der Waals surface area contributed by atoms with Crippen molar-refractivity contribution in [2.75, 3.05) is 5.32 Å². The second-order valence-electron chi connectivity index (χ2n) is 6.17. The van der Waals surface area contributed by atoms with E-state index in [0.717, 1.165) is 16.6 Å². The van der Waals surface area contributed by atoms with Crippen LogP contribution in [0.25, 0.3) is 23.0 Å². The average molecular weight is 377 g/mol. The minimum absolute atomic E-state index is 0.154. The van der Waals surface area contributed by atoms with Gasteiger partial charge < -0.3 is 10.3 Å². The highest BCUT2D eigenvalue weighted by Gasteiger charge is 2.19. The maximum Gasteiger partial charge on any atom is 0.298 e. The fourth-order valence-electron chi connectivity index (χ4n) is 2.99. The summed E-state index contributed by atoms with van der Waals surface area (Å²) in [5.41, 5.74) is 2.12. The first kappa shape index (κ1) is 17.4. The van der Waals surface area contributed by atoms with Crippen LogP contribution in [0.5, 0.6) is 0 Å². The molecule has 2 aromatic heterocycles. The Hall–Kier alpha value is -3.99. The van der Waals surface area contributed by atoms with Crippen LogP contribution in [-0.4, -0.2) is 14.6 Å². The molecule has 0 spiro atoms. The lowest BCUT2D eigenvalue weighted by atomic mass is 10.1. The number of aryl methyl sites for hydroxylation is 1. The maximum absolute atomic E-state index is 14.2. The summed E-state index contributed by atoms with van der Waals surface area (Å²) in [7, 11) is 0. The standard InChI is InChI=1S/C20H13F2N5O/c1-11-18(15-7-4-13(21)8-16(15)22)19-25-17(20(28)27(19)26-11)10-24-14-5-2-12(9-23)3-6-14/h2-8,10,24-25H,1H3/b17-10-. The van der Waals surface area contributed by atoms with Crippen molar-refractivity contribution in [3.05, 3.63) is 81.1 Å². The minimum atomic E-state index is -0.735. The number of fused-ring (bicyclic) bond motifs is 1. The molecule has 0 aliphatic carbocycles. The van der Waals surface area contributed by atoms with Crippen molar-refractivity contribution in [1.82, 2.24) is 14.6 Å². The number of aromatic nitrogens is 3. The molecule has 0 fully saturated rings. The molecule has 2 heterocycles. The summed E-state index contributed by atoms with van der Waals surface area (Å²) in [6.07, 6.45) is 1.47. The minimum Gasteiger partial charge on any atom is -0.360 e. The maximum atomic E-state index is 14.2. The van der Waals surface area contributed by atoms with Crippen LogP contribution in [-0.2, 0) is 0 Å². The summed E-state index contributed by atoms with van der Waals surface area (Å²) in [6, 6.07) is 12.0. The normalized spacial score (nSPS) is 11.7. The Morgan fingerprint density at radius 3 is 2.64 bits per heavy atom. The molecule has 138 valence electrons. The van der Waals surface area contributed by atoms with Crippen LogP contribution in [0.2, 0.25) is 0 Å². The van der Waals surface area contributed by atoms with Gasteiger partial charge >= 0.3 is 0 Å². The zero-order chi connectivity index (χ0) is 19.8. The number of hydrogen-bond acceptors (Lipinski definition) is 4. The molecule has 0 saturated heterocycles. The molecule has 0 aliphatic heterocycles. The van der Waals surface area contributed by atoms with E-state index < -0.39 is 17.2 Å². The van der Waals surface area contributed by atoms with Gasteiger partial charge in [-0.25, -0.2) is 8.78 Å². The zero-order valence-electron chi connectivity index (χ0n) is 14.6. The van der Waals surface area contributed by atoms with Crippen molar-refractivity contribution in [1.29, 1.82) is 5.26 Å². The Bertz CT molecular complexity index is 1350. The van der Waals surface area contributed by atoms with Gasteiger partial charge in [-0.2, -0.15) is 14.9 Å². The van der Waals surface area contributed by atoms with Crippen LogP contribution < -0.4 is 16.2 Å². The first-order valence-corrected chi connectivity index (χ1v) is 8.31. The smallest absolute Gasteiger partial charge is 0.298 e. The lowest BCUT2D eigenvalue weighted by molar-refractivity contribution is 0.585. The highest BCUT2D eigenvalue weighted by Crippen LogP contribution is 2.28. The van der Waals surface area contributed by atoms with Gasteiger partial charge in [0.1, 0.15) is 22.6 Å². The first-order chi connectivity index (χ1) is 13.5. The number of nitriles is 1. The second-order valence-corrected chi connectivity index (χ2v) is 6.17. The highest BCUT2D eigenvalue weighted by atomic mass is 19.1. The third-order valence-corrected chi connectivity index (χ3v) is 4.33. The van der Waals surface area contributed by atoms with Gasteiger partial charge in [-0.3, -0.25) is 4.79 Å². The van der Waals surface area contributed by atoms with Crippen molar-refractivity contribution < 1.29 is 8.78 Å². The Kier molecular flexibility index (Phi) is 4.12. The first-order valence-electron chi connectivity index (χ1n) is 8.31. The van der Waals surface area contributed by atoms with E-state index in [-0.39, 0.29) is 10.9 Å². The van der Waals surface area contributed by atoms with E-state index in [2.05, 4.69) is 15.4 Å². The zero-order valence-corrected chi connectivity index (χ0v) is 14.6. The molecule has 2 N–H and O–H groups in total. The van der Waals surface area contributed by atoms with E-state index in [1.807, 2.05) is 6.07 Å². The van der Waals surface area contributed by atoms with Crippen LogP contribution in [0.1, 0.15) is 11.3 Å². The van der Waals surface area contributed by atoms with Crippen LogP contribution in [0, 0.1) is 29.9 Å². The van der Waals surface area contributed by atoms with E-state index >= 15 is 0 Å². The summed E-state index contributed by atoms with van der Waals surface area (Å²) in [4.78, 5) is 15.5. The predicted octanol–water partition coefficient (Wildman–Crippen LogP) is 2.72. The molecule has 0 atom stereocenters. The van der Waals surface area contributed by atoms with Gasteiger partial charge in [0.25, 0.3) is 5.56 Å². The fraction of sp³-hybridized carbons (Fsp3) is 0.0500. The molecular formula is C20H13F2N5O. The third kappa shape index (κ3) is 2.89. The van der Waals surface area contributed by atoms with Gasteiger partial charge in [-0.05, 0) is 43.3 Å². The molecule has 0 amide bonds. The Labute approximate surface area is 157 Å². The number of imidazole rings is 1. The van der Waals surface area contributed by atoms with Gasteiger partial charge in [-0.15, -0.1) is 0 Å². The van der Waals surface area contributed by atoms with Gasteiger partial charge in [0, 0.05) is 23.5 Å². The highest BCUT2D eigenvalue weighted by molar-refractivity contribution is 5.80. The van der Waals surface area contributed by atoms with Crippen molar-refractivity contribution in [2.24, 2.45) is 0 Å². The van der Waals surface area contributed by atoms with Crippen molar-refractivity contribution in [2.45, 2.75) is 6.92 Å². The van der Waals surface area contributed by atoms with Gasteiger partial charge in [0.05, 0.1) is 22.9 Å². The summed E-state index contributed by atoms with van der Waals surface area (Å²) in [6.45, 7) is 1.65. The van der Waals surface area contributed by atoms with Crippen molar-refractivity contribution >= 4 is 17.5 Å². The second kappa shape index (κ2) is 6.63. The topological polar surface area (TPSA) is 86.0 Å². The predicted molar refractivity (Wildman–Crippen MR) is 100 cm³/mol. The summed E-state index contributed by atoms with van der Waals surface area (Å²) in [5, 5.41) is 16.2. The largest absolute Gasteiger partial charge is 0.360 e. The quantitative estimate of drug-likeness (QED) is 0.575. The number of benzene rings is 2. The lowest BCUT2D eigenvalue weighted by Crippen LogP contribution is -2.27. The number of H-pyrrole nitrogens is 1. The number of nitrogens with zero attached hydrogens (tertiary/aromatic N) is 3. The van der Waals surface area contributed by atoms with E-state index in [4.69, 9.17) is 5.26 Å². The summed E-state index contributed by atoms with van der Waals surface area (Å²) >= 11 is 0. The van der Waals surface area contributed by atoms with E-state index in [9.17, 15) is 13.6 Å². The monoisotopic (exact) mass is 377 g/mol. The molecule has 0 unspecified atom stereocenters. The molecule has 28 heavy (non-hydrogen) atoms. The fourth-order valence-corrected chi connectivity index (χ4v) is 2.99.